The molecule has 0 bridgehead atoms. The van der Waals surface area contributed by atoms with Gasteiger partial charge in [-0.05, 0) is 31.4 Å². The Hall–Kier alpha value is -3.20. The van der Waals surface area contributed by atoms with E-state index in [1.54, 1.807) is 32.2 Å². The predicted molar refractivity (Wildman–Crippen MR) is 131 cm³/mol. The largest absolute Gasteiger partial charge is 0.393 e. The number of aromatic nitrogens is 2. The Balaban J connectivity index is 0.000000449. The molecule has 0 saturated carbocycles. The van der Waals surface area contributed by atoms with Gasteiger partial charge >= 0.3 is 0 Å². The van der Waals surface area contributed by atoms with Crippen molar-refractivity contribution in [2.45, 2.75) is 32.5 Å². The molecule has 6 heteroatoms. The summed E-state index contributed by atoms with van der Waals surface area (Å²) in [5.74, 6) is 0. The van der Waals surface area contributed by atoms with Crippen LogP contribution in [0.15, 0.2) is 85.1 Å². The quantitative estimate of drug-likeness (QED) is 0.268. The second-order valence-corrected chi connectivity index (χ2v) is 7.69. The molecule has 0 saturated heterocycles. The first-order chi connectivity index (χ1) is 16.0. The Labute approximate surface area is 214 Å². The van der Waals surface area contributed by atoms with Crippen molar-refractivity contribution in [1.29, 1.82) is 0 Å². The molecular weight excluding hydrogens is 603 g/mol. The van der Waals surface area contributed by atoms with Gasteiger partial charge in [0.1, 0.15) is 0 Å². The van der Waals surface area contributed by atoms with Crippen molar-refractivity contribution in [1.82, 2.24) is 9.97 Å². The van der Waals surface area contributed by atoms with Crippen LogP contribution in [0.3, 0.4) is 0 Å². The van der Waals surface area contributed by atoms with Crippen LogP contribution < -0.4 is 0 Å². The van der Waals surface area contributed by atoms with Crippen LogP contribution >= 0.6 is 0 Å². The zero-order chi connectivity index (χ0) is 23.6. The zero-order valence-corrected chi connectivity index (χ0v) is 21.4. The van der Waals surface area contributed by atoms with Gasteiger partial charge in [0.2, 0.25) is 0 Å². The molecule has 5 nitrogen and oxygen atoms in total. The first kappa shape index (κ1) is 27.0. The average Bonchev–Trinajstić information content (AvgIpc) is 2.84. The van der Waals surface area contributed by atoms with Crippen LogP contribution in [0.5, 0.6) is 0 Å². The molecule has 0 spiro atoms. The van der Waals surface area contributed by atoms with Crippen molar-refractivity contribution >= 4 is 5.69 Å². The van der Waals surface area contributed by atoms with Gasteiger partial charge in [-0.1, -0.05) is 54.6 Å². The van der Waals surface area contributed by atoms with E-state index < -0.39 is 0 Å². The summed E-state index contributed by atoms with van der Waals surface area (Å²) in [6.45, 7) is 10.4. The van der Waals surface area contributed by atoms with E-state index in [1.165, 1.54) is 0 Å². The molecule has 1 aromatic heterocycles. The summed E-state index contributed by atoms with van der Waals surface area (Å²) >= 11 is 0. The van der Waals surface area contributed by atoms with Crippen LogP contribution in [0.25, 0.3) is 38.6 Å². The third-order valence-electron chi connectivity index (χ3n) is 4.76. The van der Waals surface area contributed by atoms with E-state index in [0.29, 0.717) is 12.1 Å². The Morgan fingerprint density at radius 1 is 0.853 bits per heavy atom. The van der Waals surface area contributed by atoms with Crippen molar-refractivity contribution in [2.24, 2.45) is 0 Å². The molecule has 4 aromatic rings. The van der Waals surface area contributed by atoms with Crippen molar-refractivity contribution in [3.63, 3.8) is 0 Å². The average molecular weight is 629 g/mol. The van der Waals surface area contributed by atoms with E-state index >= 15 is 0 Å². The van der Waals surface area contributed by atoms with Gasteiger partial charge in [0.15, 0.2) is 5.69 Å². The molecule has 0 amide bonds. The van der Waals surface area contributed by atoms with Gasteiger partial charge in [0, 0.05) is 32.0 Å². The van der Waals surface area contributed by atoms with E-state index in [0.717, 1.165) is 33.8 Å². The normalized spacial score (nSPS) is 11.7. The number of nitrogens with zero attached hydrogens (tertiary/aromatic N) is 3. The second kappa shape index (κ2) is 13.5. The molecule has 0 aliphatic rings. The summed E-state index contributed by atoms with van der Waals surface area (Å²) in [5.41, 5.74) is 5.87. The van der Waals surface area contributed by atoms with Crippen molar-refractivity contribution in [2.75, 3.05) is 0 Å². The van der Waals surface area contributed by atoms with Crippen molar-refractivity contribution < 1.29 is 30.3 Å². The summed E-state index contributed by atoms with van der Waals surface area (Å²) in [6.07, 6.45) is 1.50. The Morgan fingerprint density at radius 2 is 1.50 bits per heavy atom. The summed E-state index contributed by atoms with van der Waals surface area (Å²) in [6, 6.07) is 28.4. The summed E-state index contributed by atoms with van der Waals surface area (Å²) in [4.78, 5) is 13.0. The molecule has 1 heterocycles. The monoisotopic (exact) mass is 629 g/mol. The number of hydrogen-bond donors (Lipinski definition) is 2. The number of benzene rings is 3. The molecule has 1 radical (unpaired) electrons. The number of hydrogen-bond acceptors (Lipinski definition) is 4. The minimum absolute atomic E-state index is 0. The maximum Gasteiger partial charge on any atom is 0.187 e. The molecule has 0 aliphatic heterocycles. The summed E-state index contributed by atoms with van der Waals surface area (Å²) < 4.78 is 0. The van der Waals surface area contributed by atoms with Gasteiger partial charge in [-0.2, -0.15) is 0 Å². The first-order valence-corrected chi connectivity index (χ1v) is 10.7. The minimum atomic E-state index is -0.375. The van der Waals surface area contributed by atoms with Gasteiger partial charge in [0.05, 0.1) is 30.2 Å². The topological polar surface area (TPSA) is 70.6 Å². The fourth-order valence-electron chi connectivity index (χ4n) is 3.26. The van der Waals surface area contributed by atoms with E-state index in [2.05, 4.69) is 10.9 Å². The predicted octanol–water partition coefficient (Wildman–Crippen LogP) is 5.96. The standard InChI is InChI=1S/C23H14N3.C5H12O2.Ir/c1-24-20-14-12-17(13-15-20)21-16-25-22(18-8-4-2-5-9-18)23(26-21)19-10-6-3-7-11-19;1-4(6)3-5(2)7;/h2-8,10-16H;4-7H,3H2,1-2H3;/q-1;;. The van der Waals surface area contributed by atoms with Gasteiger partial charge in [-0.15, -0.1) is 35.9 Å². The van der Waals surface area contributed by atoms with Gasteiger partial charge in [0.25, 0.3) is 0 Å². The maximum atomic E-state index is 8.56. The molecule has 0 fully saturated rings. The second-order valence-electron chi connectivity index (χ2n) is 7.69. The Morgan fingerprint density at radius 3 is 2.03 bits per heavy atom. The molecule has 34 heavy (non-hydrogen) atoms. The SMILES string of the molecule is CC(O)CC(C)O.[C-]#[N+]c1ccc(-c2cnc(-c3[c-]cccc3)c(-c3ccccc3)n2)cc1.[Ir]. The van der Waals surface area contributed by atoms with Gasteiger partial charge in [-0.25, -0.2) is 4.85 Å². The smallest absolute Gasteiger partial charge is 0.187 e. The summed E-state index contributed by atoms with van der Waals surface area (Å²) in [7, 11) is 0. The number of aliphatic hydroxyl groups is 2. The molecule has 2 unspecified atom stereocenters. The van der Waals surface area contributed by atoms with Crippen LogP contribution in [0.2, 0.25) is 0 Å². The Kier molecular flexibility index (Phi) is 10.7. The molecule has 2 N–H and O–H groups in total. The molecular formula is C28H26IrN3O2-. The van der Waals surface area contributed by atoms with Crippen LogP contribution in [-0.4, -0.2) is 32.4 Å². The fraction of sp³-hybridized carbons (Fsp3) is 0.179. The van der Waals surface area contributed by atoms with E-state index in [1.807, 2.05) is 66.7 Å². The number of rotatable bonds is 5. The van der Waals surface area contributed by atoms with Crippen LogP contribution in [-0.2, 0) is 20.1 Å². The van der Waals surface area contributed by atoms with Crippen LogP contribution in [0.4, 0.5) is 5.69 Å². The maximum absolute atomic E-state index is 8.56. The minimum Gasteiger partial charge on any atom is -0.393 e. The van der Waals surface area contributed by atoms with E-state index in [4.69, 9.17) is 26.8 Å². The van der Waals surface area contributed by atoms with E-state index in [-0.39, 0.29) is 32.3 Å². The molecule has 0 aliphatic carbocycles. The van der Waals surface area contributed by atoms with Crippen LogP contribution in [0, 0.1) is 12.6 Å². The molecule has 2 atom stereocenters. The van der Waals surface area contributed by atoms with E-state index in [9.17, 15) is 0 Å². The van der Waals surface area contributed by atoms with Crippen LogP contribution in [0.1, 0.15) is 20.3 Å². The third-order valence-corrected chi connectivity index (χ3v) is 4.76. The molecule has 3 aromatic carbocycles. The zero-order valence-electron chi connectivity index (χ0n) is 19.0. The molecule has 4 rings (SSSR count). The van der Waals surface area contributed by atoms with Crippen molar-refractivity contribution in [3.05, 3.63) is 103 Å². The molecule has 175 valence electrons. The fourth-order valence-corrected chi connectivity index (χ4v) is 3.26. The van der Waals surface area contributed by atoms with Crippen molar-refractivity contribution in [3.8, 4) is 33.8 Å². The number of aliphatic hydroxyl groups excluding tert-OH is 2. The summed E-state index contributed by atoms with van der Waals surface area (Å²) in [5, 5.41) is 17.1. The first-order valence-electron chi connectivity index (χ1n) is 10.7. The third kappa shape index (κ3) is 7.69. The Bertz CT molecular complexity index is 1180. The van der Waals surface area contributed by atoms with Gasteiger partial charge in [-0.3, -0.25) is 4.98 Å². The van der Waals surface area contributed by atoms with Gasteiger partial charge < -0.3 is 15.2 Å².